The Kier molecular flexibility index (Phi) is 3.04. The molecule has 2 rings (SSSR count). The van der Waals surface area contributed by atoms with Crippen LogP contribution < -0.4 is 5.73 Å². The molecule has 0 saturated heterocycles. The van der Waals surface area contributed by atoms with Gasteiger partial charge in [-0.25, -0.2) is 0 Å². The number of hydrogen-bond donors (Lipinski definition) is 1. The van der Waals surface area contributed by atoms with Crippen molar-refractivity contribution in [3.63, 3.8) is 0 Å². The van der Waals surface area contributed by atoms with Crippen molar-refractivity contribution in [2.24, 2.45) is 7.05 Å². The second-order valence-electron chi connectivity index (χ2n) is 3.71. The molecule has 0 aliphatic carbocycles. The summed E-state index contributed by atoms with van der Waals surface area (Å²) in [6, 6.07) is 7.96. The molecule has 0 radical (unpaired) electrons. The monoisotopic (exact) mass is 260 g/mol. The van der Waals surface area contributed by atoms with E-state index in [0.29, 0.717) is 16.3 Å². The van der Waals surface area contributed by atoms with E-state index < -0.39 is 0 Å². The smallest absolute Gasteiger partial charge is 0.212 e. The maximum absolute atomic E-state index is 12.3. The van der Waals surface area contributed by atoms with Gasteiger partial charge >= 0.3 is 0 Å². The number of hydrogen-bond acceptors (Lipinski definition) is 4. The number of anilines is 1. The molecule has 90 valence electrons. The molecule has 1 aromatic carbocycles. The third-order valence-electron chi connectivity index (χ3n) is 2.47. The lowest BCUT2D eigenvalue weighted by Gasteiger charge is -2.04. The predicted molar refractivity (Wildman–Crippen MR) is 67.2 cm³/mol. The lowest BCUT2D eigenvalue weighted by Crippen LogP contribution is -2.09. The zero-order valence-electron chi connectivity index (χ0n) is 9.51. The number of halogens is 1. The highest BCUT2D eigenvalue weighted by molar-refractivity contribution is 6.34. The van der Waals surface area contributed by atoms with E-state index in [4.69, 9.17) is 22.6 Å². The molecule has 0 amide bonds. The number of rotatable bonds is 2. The van der Waals surface area contributed by atoms with Gasteiger partial charge in [-0.3, -0.25) is 9.48 Å². The topological polar surface area (TPSA) is 84.7 Å². The first-order valence-electron chi connectivity index (χ1n) is 5.07. The minimum absolute atomic E-state index is 0.258. The van der Waals surface area contributed by atoms with E-state index in [1.54, 1.807) is 13.1 Å². The summed E-state index contributed by atoms with van der Waals surface area (Å²) in [5, 5.41) is 13.0. The fraction of sp³-hybridized carbons (Fsp3) is 0.0833. The average Bonchev–Trinajstić information content (AvgIpc) is 2.68. The summed E-state index contributed by atoms with van der Waals surface area (Å²) in [5.74, 6) is -0.0581. The molecule has 6 heteroatoms. The van der Waals surface area contributed by atoms with Crippen LogP contribution in [-0.2, 0) is 7.05 Å². The Morgan fingerprint density at radius 3 is 2.78 bits per heavy atom. The van der Waals surface area contributed by atoms with Gasteiger partial charge in [0.2, 0.25) is 5.78 Å². The molecule has 0 aliphatic rings. The Hall–Kier alpha value is -2.32. The van der Waals surface area contributed by atoms with Crippen LogP contribution >= 0.6 is 11.6 Å². The SMILES string of the molecule is Cn1nc(N)cc1C(=O)c1cc(C#N)ccc1Cl. The lowest BCUT2D eigenvalue weighted by atomic mass is 10.1. The normalized spacial score (nSPS) is 10.1. The van der Waals surface area contributed by atoms with Crippen LogP contribution in [0.25, 0.3) is 0 Å². The summed E-state index contributed by atoms with van der Waals surface area (Å²) in [7, 11) is 1.62. The Morgan fingerprint density at radius 1 is 1.50 bits per heavy atom. The van der Waals surface area contributed by atoms with Crippen molar-refractivity contribution in [3.8, 4) is 6.07 Å². The molecule has 0 unspecified atom stereocenters. The Labute approximate surface area is 108 Å². The molecule has 5 nitrogen and oxygen atoms in total. The number of aromatic nitrogens is 2. The van der Waals surface area contributed by atoms with Gasteiger partial charge in [0.1, 0.15) is 11.5 Å². The highest BCUT2D eigenvalue weighted by Gasteiger charge is 2.17. The molecule has 1 aromatic heterocycles. The van der Waals surface area contributed by atoms with Crippen LogP contribution in [0.15, 0.2) is 24.3 Å². The van der Waals surface area contributed by atoms with Crippen molar-refractivity contribution in [1.82, 2.24) is 9.78 Å². The first-order chi connectivity index (χ1) is 8.52. The highest BCUT2D eigenvalue weighted by Crippen LogP contribution is 2.21. The van der Waals surface area contributed by atoms with E-state index in [1.807, 2.05) is 6.07 Å². The van der Waals surface area contributed by atoms with E-state index in [0.717, 1.165) is 0 Å². The summed E-state index contributed by atoms with van der Waals surface area (Å²) < 4.78 is 1.38. The van der Waals surface area contributed by atoms with Crippen LogP contribution in [0.2, 0.25) is 5.02 Å². The van der Waals surface area contributed by atoms with E-state index in [-0.39, 0.29) is 17.2 Å². The van der Waals surface area contributed by atoms with Crippen molar-refractivity contribution in [1.29, 1.82) is 5.26 Å². The molecular formula is C12H9ClN4O. The van der Waals surface area contributed by atoms with Crippen molar-refractivity contribution in [3.05, 3.63) is 46.1 Å². The van der Waals surface area contributed by atoms with Crippen LogP contribution in [-0.4, -0.2) is 15.6 Å². The standard InChI is InChI=1S/C12H9ClN4O/c1-17-10(5-11(15)16-17)12(18)8-4-7(6-14)2-3-9(8)13/h2-5H,1H3,(H2,15,16). The number of nitrogen functional groups attached to an aromatic ring is 1. The van der Waals surface area contributed by atoms with Gasteiger partial charge in [-0.15, -0.1) is 0 Å². The number of ketones is 1. The third-order valence-corrected chi connectivity index (χ3v) is 2.80. The van der Waals surface area contributed by atoms with E-state index in [9.17, 15) is 4.79 Å². The molecule has 2 N–H and O–H groups in total. The van der Waals surface area contributed by atoms with Gasteiger partial charge in [-0.1, -0.05) is 11.6 Å². The van der Waals surface area contributed by atoms with E-state index in [2.05, 4.69) is 5.10 Å². The summed E-state index contributed by atoms with van der Waals surface area (Å²) in [6.07, 6.45) is 0. The molecule has 2 aromatic rings. The molecule has 0 bridgehead atoms. The third kappa shape index (κ3) is 2.06. The molecule has 0 spiro atoms. The van der Waals surface area contributed by atoms with Gasteiger partial charge in [0.05, 0.1) is 16.7 Å². The number of carbonyl (C=O) groups is 1. The van der Waals surface area contributed by atoms with Crippen molar-refractivity contribution >= 4 is 23.2 Å². The largest absolute Gasteiger partial charge is 0.382 e. The Bertz CT molecular complexity index is 669. The minimum Gasteiger partial charge on any atom is -0.382 e. The van der Waals surface area contributed by atoms with Crippen molar-refractivity contribution in [2.75, 3.05) is 5.73 Å². The first-order valence-corrected chi connectivity index (χ1v) is 5.44. The molecule has 18 heavy (non-hydrogen) atoms. The Balaban J connectivity index is 2.53. The van der Waals surface area contributed by atoms with Crippen LogP contribution in [0.5, 0.6) is 0 Å². The summed E-state index contributed by atoms with van der Waals surface area (Å²) in [5.41, 5.74) is 6.48. The molecule has 1 heterocycles. The lowest BCUT2D eigenvalue weighted by molar-refractivity contribution is 0.103. The number of nitriles is 1. The highest BCUT2D eigenvalue weighted by atomic mass is 35.5. The van der Waals surface area contributed by atoms with Crippen LogP contribution in [0, 0.1) is 11.3 Å². The van der Waals surface area contributed by atoms with Gasteiger partial charge in [-0.2, -0.15) is 10.4 Å². The number of carbonyl (C=O) groups excluding carboxylic acids is 1. The molecule has 0 saturated carbocycles. The second-order valence-corrected chi connectivity index (χ2v) is 4.12. The first kappa shape index (κ1) is 12.1. The van der Waals surface area contributed by atoms with Gasteiger partial charge < -0.3 is 5.73 Å². The molecule has 0 atom stereocenters. The van der Waals surface area contributed by atoms with E-state index in [1.165, 1.54) is 22.9 Å². The summed E-state index contributed by atoms with van der Waals surface area (Å²) in [6.45, 7) is 0. The van der Waals surface area contributed by atoms with Crippen LogP contribution in [0.4, 0.5) is 5.82 Å². The fourth-order valence-corrected chi connectivity index (χ4v) is 1.81. The number of nitrogens with zero attached hydrogens (tertiary/aromatic N) is 3. The average molecular weight is 261 g/mol. The number of aryl methyl sites for hydroxylation is 1. The van der Waals surface area contributed by atoms with Crippen molar-refractivity contribution < 1.29 is 4.79 Å². The molecular weight excluding hydrogens is 252 g/mol. The van der Waals surface area contributed by atoms with Gasteiger partial charge in [-0.05, 0) is 18.2 Å². The summed E-state index contributed by atoms with van der Waals surface area (Å²) in [4.78, 5) is 12.3. The fourth-order valence-electron chi connectivity index (χ4n) is 1.61. The predicted octanol–water partition coefficient (Wildman–Crippen LogP) is 1.76. The van der Waals surface area contributed by atoms with Crippen LogP contribution in [0.1, 0.15) is 21.6 Å². The molecule has 0 aliphatic heterocycles. The number of benzene rings is 1. The van der Waals surface area contributed by atoms with E-state index >= 15 is 0 Å². The zero-order valence-corrected chi connectivity index (χ0v) is 10.3. The van der Waals surface area contributed by atoms with Gasteiger partial charge in [0, 0.05) is 18.7 Å². The zero-order chi connectivity index (χ0) is 13.3. The molecule has 0 fully saturated rings. The van der Waals surface area contributed by atoms with Gasteiger partial charge in [0.25, 0.3) is 0 Å². The maximum atomic E-state index is 12.3. The van der Waals surface area contributed by atoms with Crippen LogP contribution in [0.3, 0.4) is 0 Å². The summed E-state index contributed by atoms with van der Waals surface area (Å²) >= 11 is 5.97. The number of nitrogens with two attached hydrogens (primary N) is 1. The maximum Gasteiger partial charge on any atom is 0.212 e. The minimum atomic E-state index is -0.316. The second kappa shape index (κ2) is 4.51. The van der Waals surface area contributed by atoms with Crippen molar-refractivity contribution in [2.45, 2.75) is 0 Å². The van der Waals surface area contributed by atoms with Gasteiger partial charge in [0.15, 0.2) is 0 Å². The Morgan fingerprint density at radius 2 is 2.22 bits per heavy atom. The quantitative estimate of drug-likeness (QED) is 0.834.